The second kappa shape index (κ2) is 4.11. The molecular weight excluding hydrogens is 396 g/mol. The molecule has 1 unspecified atom stereocenters. The highest BCUT2D eigenvalue weighted by molar-refractivity contribution is 9.13. The largest absolute Gasteiger partial charge is 0.0859 e. The van der Waals surface area contributed by atoms with Gasteiger partial charge in [-0.1, -0.05) is 72.1 Å². The van der Waals surface area contributed by atoms with Crippen molar-refractivity contribution in [3.8, 4) is 0 Å². The highest BCUT2D eigenvalue weighted by Gasteiger charge is 2.36. The van der Waals surface area contributed by atoms with E-state index in [9.17, 15) is 0 Å². The van der Waals surface area contributed by atoms with E-state index in [1.807, 2.05) is 0 Å². The molecule has 16 heavy (non-hydrogen) atoms. The molecule has 3 atom stereocenters. The first-order chi connectivity index (χ1) is 7.68. The average molecular weight is 405 g/mol. The van der Waals surface area contributed by atoms with Crippen molar-refractivity contribution >= 4 is 58.6 Å². The van der Waals surface area contributed by atoms with Crippen LogP contribution in [0.25, 0.3) is 10.8 Å². The topological polar surface area (TPSA) is 0 Å². The molecule has 0 bridgehead atoms. The van der Waals surface area contributed by atoms with E-state index in [0.29, 0.717) is 14.5 Å². The lowest BCUT2D eigenvalue weighted by Crippen LogP contribution is -2.00. The third kappa shape index (κ3) is 1.59. The molecule has 0 amide bonds. The minimum Gasteiger partial charge on any atom is -0.0859 e. The molecule has 0 aromatic heterocycles. The molecule has 0 saturated carbocycles. The Bertz CT molecular complexity index is 501. The van der Waals surface area contributed by atoms with Gasteiger partial charge in [0.2, 0.25) is 0 Å². The highest BCUT2D eigenvalue weighted by atomic mass is 79.9. The monoisotopic (exact) mass is 402 g/mol. The highest BCUT2D eigenvalue weighted by Crippen LogP contribution is 2.52. The summed E-state index contributed by atoms with van der Waals surface area (Å²) in [6.45, 7) is 0. The zero-order valence-electron chi connectivity index (χ0n) is 8.33. The second-order valence-corrected chi connectivity index (χ2v) is 7.11. The van der Waals surface area contributed by atoms with Gasteiger partial charge in [-0.3, -0.25) is 0 Å². The normalized spacial score (nSPS) is 28.3. The molecule has 82 valence electrons. The Morgan fingerprint density at radius 2 is 1.19 bits per heavy atom. The maximum absolute atomic E-state index is 3.75. The van der Waals surface area contributed by atoms with Gasteiger partial charge in [-0.25, -0.2) is 0 Å². The first-order valence-corrected chi connectivity index (χ1v) is 7.88. The van der Waals surface area contributed by atoms with E-state index in [1.54, 1.807) is 0 Å². The summed E-state index contributed by atoms with van der Waals surface area (Å²) >= 11 is 11.2. The van der Waals surface area contributed by atoms with Crippen LogP contribution in [0.4, 0.5) is 0 Å². The lowest BCUT2D eigenvalue weighted by atomic mass is 10.0. The molecule has 0 radical (unpaired) electrons. The summed E-state index contributed by atoms with van der Waals surface area (Å²) in [7, 11) is 0. The summed E-state index contributed by atoms with van der Waals surface area (Å²) < 4.78 is 0. The fourth-order valence-corrected chi connectivity index (χ4v) is 4.63. The smallest absolute Gasteiger partial charge is 0.0537 e. The maximum atomic E-state index is 3.75. The summed E-state index contributed by atoms with van der Waals surface area (Å²) in [5.41, 5.74) is 2.78. The predicted molar refractivity (Wildman–Crippen MR) is 80.0 cm³/mol. The molecule has 2 aromatic rings. The quantitative estimate of drug-likeness (QED) is 0.509. The van der Waals surface area contributed by atoms with Crippen molar-refractivity contribution in [2.24, 2.45) is 0 Å². The lowest BCUT2D eigenvalue weighted by molar-refractivity contribution is 0.937. The van der Waals surface area contributed by atoms with E-state index < -0.39 is 0 Å². The van der Waals surface area contributed by atoms with Crippen molar-refractivity contribution in [3.05, 3.63) is 47.5 Å². The van der Waals surface area contributed by atoms with Gasteiger partial charge in [-0.15, -0.1) is 0 Å². The van der Waals surface area contributed by atoms with Gasteiger partial charge in [0.15, 0.2) is 0 Å². The lowest BCUT2D eigenvalue weighted by Gasteiger charge is -2.08. The minimum absolute atomic E-state index is 0.386. The number of rotatable bonds is 0. The fraction of sp³-hybridized carbons (Fsp3) is 0.231. The third-order valence-electron chi connectivity index (χ3n) is 3.10. The molecule has 0 nitrogen and oxygen atoms in total. The number of hydrogen-bond acceptors (Lipinski definition) is 0. The predicted octanol–water partition coefficient (Wildman–Crippen LogP) is 5.49. The number of hydrogen-bond donors (Lipinski definition) is 0. The van der Waals surface area contributed by atoms with Crippen LogP contribution in [0.2, 0.25) is 0 Å². The van der Waals surface area contributed by atoms with E-state index in [4.69, 9.17) is 0 Å². The molecular formula is C13H9Br3. The van der Waals surface area contributed by atoms with Gasteiger partial charge in [-0.2, -0.15) is 0 Å². The summed E-state index contributed by atoms with van der Waals surface area (Å²) in [5, 5.41) is 2.62. The van der Waals surface area contributed by atoms with E-state index in [0.717, 1.165) is 0 Å². The van der Waals surface area contributed by atoms with Crippen molar-refractivity contribution in [2.45, 2.75) is 14.5 Å². The molecule has 2 aromatic carbocycles. The van der Waals surface area contributed by atoms with Crippen molar-refractivity contribution in [2.75, 3.05) is 0 Å². The van der Waals surface area contributed by atoms with Crippen LogP contribution in [0.5, 0.6) is 0 Å². The molecule has 0 saturated heterocycles. The van der Waals surface area contributed by atoms with Crippen molar-refractivity contribution < 1.29 is 0 Å². The van der Waals surface area contributed by atoms with E-state index in [-0.39, 0.29) is 0 Å². The first-order valence-electron chi connectivity index (χ1n) is 5.13. The van der Waals surface area contributed by atoms with Crippen LogP contribution in [0.15, 0.2) is 36.4 Å². The molecule has 3 heteroatoms. The van der Waals surface area contributed by atoms with Crippen molar-refractivity contribution in [1.29, 1.82) is 0 Å². The number of halogens is 3. The van der Waals surface area contributed by atoms with Crippen LogP contribution in [0, 0.1) is 0 Å². The van der Waals surface area contributed by atoms with Crippen LogP contribution in [-0.2, 0) is 0 Å². The van der Waals surface area contributed by atoms with Gasteiger partial charge in [0.25, 0.3) is 0 Å². The Balaban J connectivity index is 2.29. The van der Waals surface area contributed by atoms with Crippen LogP contribution in [-0.4, -0.2) is 4.83 Å². The molecule has 3 rings (SSSR count). The first kappa shape index (κ1) is 11.2. The summed E-state index contributed by atoms with van der Waals surface area (Å²) in [6, 6.07) is 13.1. The number of fused-ring (bicyclic) bond motifs is 2. The number of alkyl halides is 3. The molecule has 0 N–H and O–H groups in total. The Kier molecular flexibility index (Phi) is 2.89. The maximum Gasteiger partial charge on any atom is 0.0537 e. The van der Waals surface area contributed by atoms with Crippen LogP contribution < -0.4 is 0 Å². The molecule has 1 aliphatic carbocycles. The SMILES string of the molecule is BrC1[C@H](Br)c2cc3ccccc3cc2[C@@H]1Br. The molecule has 1 aliphatic rings. The van der Waals surface area contributed by atoms with Gasteiger partial charge < -0.3 is 0 Å². The van der Waals surface area contributed by atoms with Crippen LogP contribution >= 0.6 is 47.8 Å². The fourth-order valence-electron chi connectivity index (χ4n) is 2.24. The third-order valence-corrected chi connectivity index (χ3v) is 7.71. The molecule has 0 aliphatic heterocycles. The van der Waals surface area contributed by atoms with Gasteiger partial charge >= 0.3 is 0 Å². The Labute approximate surface area is 120 Å². The second-order valence-electron chi connectivity index (χ2n) is 4.08. The van der Waals surface area contributed by atoms with Crippen molar-refractivity contribution in [3.63, 3.8) is 0 Å². The average Bonchev–Trinajstić information content (AvgIpc) is 2.52. The summed E-state index contributed by atoms with van der Waals surface area (Å²) in [6.07, 6.45) is 0. The standard InChI is InChI=1S/C13H9Br3/c14-11-9-5-7-3-1-2-4-8(7)6-10(9)12(15)13(11)16/h1-6,11-13H/t11-,12+,13?. The minimum atomic E-state index is 0.386. The summed E-state index contributed by atoms with van der Waals surface area (Å²) in [5.74, 6) is 0. The van der Waals surface area contributed by atoms with Crippen LogP contribution in [0.1, 0.15) is 20.8 Å². The zero-order chi connectivity index (χ0) is 11.3. The van der Waals surface area contributed by atoms with Gasteiger partial charge in [0.1, 0.15) is 0 Å². The Hall–Kier alpha value is 0.140. The van der Waals surface area contributed by atoms with Crippen molar-refractivity contribution in [1.82, 2.24) is 0 Å². The van der Waals surface area contributed by atoms with E-state index in [2.05, 4.69) is 84.2 Å². The van der Waals surface area contributed by atoms with E-state index in [1.165, 1.54) is 21.9 Å². The number of benzene rings is 2. The Morgan fingerprint density at radius 3 is 1.62 bits per heavy atom. The van der Waals surface area contributed by atoms with Crippen LogP contribution in [0.3, 0.4) is 0 Å². The van der Waals surface area contributed by atoms with Gasteiger partial charge in [0, 0.05) is 4.83 Å². The molecule has 0 heterocycles. The summed E-state index contributed by atoms with van der Waals surface area (Å²) in [4.78, 5) is 1.19. The van der Waals surface area contributed by atoms with E-state index >= 15 is 0 Å². The van der Waals surface area contributed by atoms with Gasteiger partial charge in [-0.05, 0) is 34.0 Å². The molecule has 0 fully saturated rings. The van der Waals surface area contributed by atoms with Gasteiger partial charge in [0.05, 0.1) is 9.65 Å². The zero-order valence-corrected chi connectivity index (χ0v) is 13.1. The Morgan fingerprint density at radius 1 is 0.750 bits per heavy atom. The molecule has 0 spiro atoms.